The molecule has 1 aliphatic rings. The molecule has 1 aromatic carbocycles. The highest BCUT2D eigenvalue weighted by Crippen LogP contribution is 2.22. The third kappa shape index (κ3) is 5.04. The van der Waals surface area contributed by atoms with Crippen LogP contribution in [-0.4, -0.2) is 63.7 Å². The average molecular weight is 449 g/mol. The number of anilines is 3. The van der Waals surface area contributed by atoms with Crippen molar-refractivity contribution in [2.45, 2.75) is 13.0 Å². The molecule has 0 atom stereocenters. The molecule has 1 fully saturated rings. The molecule has 1 aliphatic heterocycles. The van der Waals surface area contributed by atoms with Crippen LogP contribution in [-0.2, 0) is 11.3 Å². The van der Waals surface area contributed by atoms with Gasteiger partial charge in [-0.15, -0.1) is 0 Å². The van der Waals surface area contributed by atoms with Crippen LogP contribution in [0.25, 0.3) is 11.0 Å². The number of likely N-dealkylation sites (tertiary alicyclic amines) is 1. The molecule has 4 rings (SSSR count). The average Bonchev–Trinajstić information content (AvgIpc) is 2.79. The Morgan fingerprint density at radius 1 is 1.27 bits per heavy atom. The van der Waals surface area contributed by atoms with Crippen molar-refractivity contribution in [3.63, 3.8) is 0 Å². The molecule has 0 aliphatic carbocycles. The summed E-state index contributed by atoms with van der Waals surface area (Å²) in [6.07, 6.45) is 3.82. The molecule has 0 unspecified atom stereocenters. The van der Waals surface area contributed by atoms with E-state index in [9.17, 15) is 9.59 Å². The van der Waals surface area contributed by atoms with Crippen LogP contribution in [0.15, 0.2) is 60.0 Å². The lowest BCUT2D eigenvalue weighted by molar-refractivity contribution is -0.132. The Balaban J connectivity index is 1.48. The van der Waals surface area contributed by atoms with Gasteiger partial charge < -0.3 is 20.2 Å². The quantitative estimate of drug-likeness (QED) is 0.483. The van der Waals surface area contributed by atoms with E-state index in [0.717, 1.165) is 23.2 Å². The van der Waals surface area contributed by atoms with Crippen LogP contribution in [0.2, 0.25) is 0 Å². The maximum atomic E-state index is 12.6. The molecule has 9 nitrogen and oxygen atoms in total. The second kappa shape index (κ2) is 9.83. The number of carbonyl (C=O) groups is 1. The number of fused-ring (bicyclic) bond motifs is 1. The summed E-state index contributed by atoms with van der Waals surface area (Å²) in [4.78, 5) is 36.9. The molecule has 0 saturated carbocycles. The predicted octanol–water partition coefficient (Wildman–Crippen LogP) is 2.00. The molecule has 0 radical (unpaired) electrons. The van der Waals surface area contributed by atoms with Crippen LogP contribution in [0.1, 0.15) is 6.42 Å². The van der Waals surface area contributed by atoms with Gasteiger partial charge in [0.25, 0.3) is 5.56 Å². The lowest BCUT2D eigenvalue weighted by Crippen LogP contribution is -2.49. The van der Waals surface area contributed by atoms with Crippen molar-refractivity contribution in [1.82, 2.24) is 19.4 Å². The van der Waals surface area contributed by atoms with Gasteiger partial charge in [0, 0.05) is 62.3 Å². The smallest absolute Gasteiger partial charge is 0.252 e. The molecule has 2 aromatic heterocycles. The van der Waals surface area contributed by atoms with Gasteiger partial charge in [0.1, 0.15) is 5.65 Å². The van der Waals surface area contributed by atoms with Gasteiger partial charge in [-0.2, -0.15) is 4.98 Å². The van der Waals surface area contributed by atoms with E-state index < -0.39 is 0 Å². The number of benzene rings is 1. The number of aryl methyl sites for hydroxylation is 1. The van der Waals surface area contributed by atoms with E-state index in [1.54, 1.807) is 21.7 Å². The lowest BCUT2D eigenvalue weighted by atomic mass is 9.96. The van der Waals surface area contributed by atoms with Crippen LogP contribution >= 0.6 is 0 Å². The Bertz CT molecular complexity index is 1200. The molecular formula is C24H28N6O3. The third-order valence-corrected chi connectivity index (χ3v) is 5.93. The summed E-state index contributed by atoms with van der Waals surface area (Å²) in [6.45, 7) is 6.07. The van der Waals surface area contributed by atoms with Gasteiger partial charge in [-0.1, -0.05) is 6.58 Å². The first-order valence-electron chi connectivity index (χ1n) is 11.0. The summed E-state index contributed by atoms with van der Waals surface area (Å²) >= 11 is 0. The fourth-order valence-electron chi connectivity index (χ4n) is 3.93. The Kier molecular flexibility index (Phi) is 6.69. The predicted molar refractivity (Wildman–Crippen MR) is 129 cm³/mol. The van der Waals surface area contributed by atoms with Gasteiger partial charge in [-0.05, 0) is 48.7 Å². The number of hydrogen-bond donors (Lipinski definition) is 2. The number of nitrogens with one attached hydrogen (secondary N) is 1. The number of aliphatic hydroxyl groups is 1. The molecule has 1 amide bonds. The molecular weight excluding hydrogens is 420 g/mol. The topological polar surface area (TPSA) is 104 Å². The number of hydrogen-bond acceptors (Lipinski definition) is 7. The number of pyridine rings is 1. The Hall–Kier alpha value is -3.72. The number of aliphatic hydroxyl groups excluding tert-OH is 1. The van der Waals surface area contributed by atoms with Gasteiger partial charge in [-0.25, -0.2) is 4.98 Å². The largest absolute Gasteiger partial charge is 0.395 e. The van der Waals surface area contributed by atoms with Gasteiger partial charge in [0.15, 0.2) is 0 Å². The maximum absolute atomic E-state index is 12.6. The second-order valence-electron chi connectivity index (χ2n) is 8.21. The van der Waals surface area contributed by atoms with E-state index in [-0.39, 0.29) is 18.1 Å². The van der Waals surface area contributed by atoms with Crippen molar-refractivity contribution in [3.05, 3.63) is 65.6 Å². The highest BCUT2D eigenvalue weighted by molar-refractivity contribution is 5.87. The van der Waals surface area contributed by atoms with Crippen LogP contribution in [0.3, 0.4) is 0 Å². The molecule has 1 saturated heterocycles. The summed E-state index contributed by atoms with van der Waals surface area (Å²) in [5.74, 6) is 0.716. The molecule has 33 heavy (non-hydrogen) atoms. The highest BCUT2D eigenvalue weighted by Gasteiger charge is 2.28. The van der Waals surface area contributed by atoms with Gasteiger partial charge in [-0.3, -0.25) is 14.2 Å². The Morgan fingerprint density at radius 2 is 2.03 bits per heavy atom. The summed E-state index contributed by atoms with van der Waals surface area (Å²) in [7, 11) is 1.92. The first-order valence-corrected chi connectivity index (χ1v) is 11.0. The van der Waals surface area contributed by atoms with Crippen LogP contribution in [0.4, 0.5) is 17.3 Å². The van der Waals surface area contributed by atoms with Crippen LogP contribution < -0.4 is 15.8 Å². The maximum Gasteiger partial charge on any atom is 0.252 e. The number of nitrogens with zero attached hydrogens (tertiary/aromatic N) is 5. The van der Waals surface area contributed by atoms with E-state index in [1.807, 2.05) is 36.2 Å². The van der Waals surface area contributed by atoms with Gasteiger partial charge in [0.2, 0.25) is 11.9 Å². The third-order valence-electron chi connectivity index (χ3n) is 5.93. The number of amides is 1. The minimum atomic E-state index is -0.109. The molecule has 0 spiro atoms. The summed E-state index contributed by atoms with van der Waals surface area (Å²) in [6, 6.07) is 11.0. The fourth-order valence-corrected chi connectivity index (χ4v) is 3.93. The monoisotopic (exact) mass is 448 g/mol. The first kappa shape index (κ1) is 22.5. The standard InChI is InChI=1S/C24H28N6O3/c1-3-21(32)29-15-17(16-29)10-11-30-22(33)9-4-18-14-25-24(27-23(18)30)26-19-5-7-20(8-6-19)28(2)12-13-31/h3-9,14,17,31H,1,10-13,15-16H2,2H3,(H,25,26,27). The summed E-state index contributed by atoms with van der Waals surface area (Å²) in [5, 5.41) is 13.1. The highest BCUT2D eigenvalue weighted by atomic mass is 16.3. The van der Waals surface area contributed by atoms with Gasteiger partial charge in [0.05, 0.1) is 6.61 Å². The molecule has 3 aromatic rings. The van der Waals surface area contributed by atoms with E-state index in [0.29, 0.717) is 43.7 Å². The zero-order valence-electron chi connectivity index (χ0n) is 18.6. The second-order valence-corrected chi connectivity index (χ2v) is 8.21. The summed E-state index contributed by atoms with van der Waals surface area (Å²) in [5.41, 5.74) is 2.29. The number of rotatable bonds is 9. The van der Waals surface area contributed by atoms with Crippen molar-refractivity contribution < 1.29 is 9.90 Å². The summed E-state index contributed by atoms with van der Waals surface area (Å²) < 4.78 is 1.67. The van der Waals surface area contributed by atoms with Crippen molar-refractivity contribution in [3.8, 4) is 0 Å². The number of likely N-dealkylation sites (N-methyl/N-ethyl adjacent to an activating group) is 1. The molecule has 2 N–H and O–H groups in total. The van der Waals surface area contributed by atoms with Crippen molar-refractivity contribution in [2.24, 2.45) is 5.92 Å². The van der Waals surface area contributed by atoms with E-state index in [4.69, 9.17) is 5.11 Å². The minimum Gasteiger partial charge on any atom is -0.395 e. The first-order chi connectivity index (χ1) is 16.0. The Labute approximate surface area is 192 Å². The van der Waals surface area contributed by atoms with E-state index in [1.165, 1.54) is 12.1 Å². The number of carbonyl (C=O) groups excluding carboxylic acids is 1. The van der Waals surface area contributed by atoms with Crippen LogP contribution in [0, 0.1) is 5.92 Å². The lowest BCUT2D eigenvalue weighted by Gasteiger charge is -2.38. The molecule has 3 heterocycles. The fraction of sp³-hybridized carbons (Fsp3) is 0.333. The van der Waals surface area contributed by atoms with E-state index in [2.05, 4.69) is 21.9 Å². The minimum absolute atomic E-state index is 0.0508. The van der Waals surface area contributed by atoms with Crippen molar-refractivity contribution >= 4 is 34.3 Å². The number of aromatic nitrogens is 3. The van der Waals surface area contributed by atoms with Gasteiger partial charge >= 0.3 is 0 Å². The zero-order valence-corrected chi connectivity index (χ0v) is 18.6. The SMILES string of the molecule is C=CC(=O)N1CC(CCn2c(=O)ccc3cnc(Nc4ccc(N(C)CCO)cc4)nc32)C1. The van der Waals surface area contributed by atoms with Crippen LogP contribution in [0.5, 0.6) is 0 Å². The van der Waals surface area contributed by atoms with E-state index >= 15 is 0 Å². The normalized spacial score (nSPS) is 13.6. The zero-order chi connectivity index (χ0) is 23.4. The van der Waals surface area contributed by atoms with Crippen molar-refractivity contribution in [2.75, 3.05) is 43.5 Å². The van der Waals surface area contributed by atoms with Crippen molar-refractivity contribution in [1.29, 1.82) is 0 Å². The molecule has 9 heteroatoms. The molecule has 172 valence electrons. The molecule has 0 bridgehead atoms. The Morgan fingerprint density at radius 3 is 2.73 bits per heavy atom.